The van der Waals surface area contributed by atoms with Gasteiger partial charge in [0.1, 0.15) is 0 Å². The molecular weight excluding hydrogens is 333 g/mol. The number of carbonyl (C=O) groups is 2. The molecule has 118 valence electrons. The fraction of sp³-hybridized carbons (Fsp3) is 0.333. The Morgan fingerprint density at radius 3 is 2.00 bits per heavy atom. The Balaban J connectivity index is 1.77. The van der Waals surface area contributed by atoms with Crippen LogP contribution in [0.2, 0.25) is 10.0 Å². The van der Waals surface area contributed by atoms with Gasteiger partial charge in [-0.2, -0.15) is 0 Å². The smallest absolute Gasteiger partial charge is 0.238 e. The van der Waals surface area contributed by atoms with Gasteiger partial charge < -0.3 is 0 Å². The molecule has 4 rings (SSSR count). The average Bonchev–Trinajstić information content (AvgIpc) is 3.13. The van der Waals surface area contributed by atoms with Crippen molar-refractivity contribution in [2.24, 2.45) is 23.7 Å². The van der Waals surface area contributed by atoms with Crippen LogP contribution in [0.1, 0.15) is 13.8 Å². The summed E-state index contributed by atoms with van der Waals surface area (Å²) in [5.74, 6) is -0.713. The van der Waals surface area contributed by atoms with Gasteiger partial charge in [-0.15, -0.1) is 0 Å². The molecule has 23 heavy (non-hydrogen) atoms. The summed E-state index contributed by atoms with van der Waals surface area (Å²) in [6.45, 7) is 4.10. The summed E-state index contributed by atoms with van der Waals surface area (Å²) in [6, 6.07) is 4.86. The van der Waals surface area contributed by atoms with Gasteiger partial charge >= 0.3 is 0 Å². The van der Waals surface area contributed by atoms with Crippen molar-refractivity contribution in [1.82, 2.24) is 0 Å². The van der Waals surface area contributed by atoms with Crippen LogP contribution in [0.15, 0.2) is 41.5 Å². The highest BCUT2D eigenvalue weighted by molar-refractivity contribution is 6.42. The van der Waals surface area contributed by atoms with Gasteiger partial charge in [-0.05, 0) is 32.0 Å². The zero-order chi connectivity index (χ0) is 16.5. The molecule has 2 aliphatic carbocycles. The lowest BCUT2D eigenvalue weighted by molar-refractivity contribution is -0.122. The second-order valence-electron chi connectivity index (χ2n) is 6.55. The van der Waals surface area contributed by atoms with E-state index in [1.165, 1.54) is 16.0 Å². The summed E-state index contributed by atoms with van der Waals surface area (Å²) < 4.78 is 0. The number of allylic oxidation sites excluding steroid dienone is 4. The molecule has 2 fully saturated rings. The van der Waals surface area contributed by atoms with Crippen LogP contribution < -0.4 is 4.90 Å². The first-order valence-corrected chi connectivity index (χ1v) is 8.36. The maximum atomic E-state index is 12.9. The number of nitrogens with zero attached hydrogens (tertiary/aromatic N) is 1. The Kier molecular flexibility index (Phi) is 3.23. The van der Waals surface area contributed by atoms with E-state index in [0.717, 1.165) is 0 Å². The predicted molar refractivity (Wildman–Crippen MR) is 90.4 cm³/mol. The molecule has 3 nitrogen and oxygen atoms in total. The van der Waals surface area contributed by atoms with Gasteiger partial charge in [0.15, 0.2) is 0 Å². The number of anilines is 1. The minimum Gasteiger partial charge on any atom is -0.274 e. The first-order valence-electron chi connectivity index (χ1n) is 7.60. The molecule has 0 aromatic heterocycles. The molecule has 1 heterocycles. The van der Waals surface area contributed by atoms with Crippen molar-refractivity contribution < 1.29 is 9.59 Å². The number of amides is 2. The highest BCUT2D eigenvalue weighted by atomic mass is 35.5. The maximum Gasteiger partial charge on any atom is 0.238 e. The molecule has 1 aromatic rings. The minimum atomic E-state index is -0.281. The molecule has 1 saturated heterocycles. The molecule has 1 aromatic carbocycles. The van der Waals surface area contributed by atoms with Gasteiger partial charge in [-0.1, -0.05) is 46.5 Å². The summed E-state index contributed by atoms with van der Waals surface area (Å²) in [6.07, 6.45) is 4.16. The van der Waals surface area contributed by atoms with Gasteiger partial charge in [0.25, 0.3) is 0 Å². The summed E-state index contributed by atoms with van der Waals surface area (Å²) in [4.78, 5) is 27.1. The molecule has 5 heteroatoms. The zero-order valence-electron chi connectivity index (χ0n) is 12.7. The van der Waals surface area contributed by atoms with Crippen molar-refractivity contribution in [1.29, 1.82) is 0 Å². The predicted octanol–water partition coefficient (Wildman–Crippen LogP) is 4.25. The van der Waals surface area contributed by atoms with E-state index >= 15 is 0 Å². The van der Waals surface area contributed by atoms with Gasteiger partial charge in [0.05, 0.1) is 27.6 Å². The highest BCUT2D eigenvalue weighted by Crippen LogP contribution is 2.57. The fourth-order valence-electron chi connectivity index (χ4n) is 4.31. The summed E-state index contributed by atoms with van der Waals surface area (Å²) >= 11 is 12.0. The van der Waals surface area contributed by atoms with E-state index in [0.29, 0.717) is 15.7 Å². The minimum absolute atomic E-state index is 0.0548. The Morgan fingerprint density at radius 2 is 1.52 bits per heavy atom. The van der Waals surface area contributed by atoms with Crippen molar-refractivity contribution in [3.8, 4) is 0 Å². The SMILES string of the molecule is CC(C)=C1C2C=CC1[C@@H]1C(=O)N(c3ccc(Cl)c(Cl)c3)C(=O)C21. The fourth-order valence-corrected chi connectivity index (χ4v) is 4.60. The van der Waals surface area contributed by atoms with Crippen LogP contribution in [0.25, 0.3) is 0 Å². The van der Waals surface area contributed by atoms with E-state index in [1.807, 2.05) is 0 Å². The van der Waals surface area contributed by atoms with Crippen molar-refractivity contribution >= 4 is 40.7 Å². The lowest BCUT2D eigenvalue weighted by Crippen LogP contribution is -2.33. The Morgan fingerprint density at radius 1 is 0.957 bits per heavy atom. The van der Waals surface area contributed by atoms with E-state index in [1.54, 1.807) is 18.2 Å². The zero-order valence-corrected chi connectivity index (χ0v) is 14.2. The second kappa shape index (κ2) is 4.96. The van der Waals surface area contributed by atoms with E-state index in [4.69, 9.17) is 23.2 Å². The average molecular weight is 348 g/mol. The number of rotatable bonds is 1. The molecule has 1 aliphatic heterocycles. The Hall–Kier alpha value is -1.58. The van der Waals surface area contributed by atoms with Crippen LogP contribution in [-0.4, -0.2) is 11.8 Å². The molecule has 0 spiro atoms. The Labute approximate surface area is 144 Å². The number of hydrogen-bond acceptors (Lipinski definition) is 2. The van der Waals surface area contributed by atoms with Gasteiger partial charge in [0, 0.05) is 11.8 Å². The van der Waals surface area contributed by atoms with E-state index < -0.39 is 0 Å². The molecule has 0 N–H and O–H groups in total. The van der Waals surface area contributed by atoms with Gasteiger partial charge in [-0.25, -0.2) is 4.90 Å². The third kappa shape index (κ3) is 1.90. The van der Waals surface area contributed by atoms with Crippen LogP contribution >= 0.6 is 23.2 Å². The topological polar surface area (TPSA) is 37.4 Å². The van der Waals surface area contributed by atoms with Crippen molar-refractivity contribution in [2.45, 2.75) is 13.8 Å². The maximum absolute atomic E-state index is 12.9. The van der Waals surface area contributed by atoms with Crippen LogP contribution in [-0.2, 0) is 9.59 Å². The van der Waals surface area contributed by atoms with Crippen LogP contribution in [0.4, 0.5) is 5.69 Å². The van der Waals surface area contributed by atoms with E-state index in [2.05, 4.69) is 26.0 Å². The standard InChI is InChI=1S/C18H15Cl2NO2/c1-8(2)14-10-4-5-11(14)16-15(10)17(22)21(18(16)23)9-3-6-12(19)13(20)7-9/h3-7,10-11,15-16H,1-2H3/t10?,11?,15-,16?/m0/s1. The van der Waals surface area contributed by atoms with Crippen LogP contribution in [0, 0.1) is 23.7 Å². The lowest BCUT2D eigenvalue weighted by atomic mass is 9.85. The molecule has 2 bridgehead atoms. The Bertz CT molecular complexity index is 773. The lowest BCUT2D eigenvalue weighted by Gasteiger charge is -2.19. The molecule has 3 aliphatic rings. The third-order valence-electron chi connectivity index (χ3n) is 5.15. The molecule has 1 saturated carbocycles. The summed E-state index contributed by atoms with van der Waals surface area (Å²) in [7, 11) is 0. The number of benzene rings is 1. The highest BCUT2D eigenvalue weighted by Gasteiger charge is 2.61. The normalized spacial score (nSPS) is 31.3. The van der Waals surface area contributed by atoms with Gasteiger partial charge in [-0.3, -0.25) is 9.59 Å². The van der Waals surface area contributed by atoms with Crippen molar-refractivity contribution in [3.63, 3.8) is 0 Å². The van der Waals surface area contributed by atoms with Crippen LogP contribution in [0.5, 0.6) is 0 Å². The summed E-state index contributed by atoms with van der Waals surface area (Å²) in [5.41, 5.74) is 2.96. The first-order chi connectivity index (χ1) is 10.9. The number of hydrogen-bond donors (Lipinski definition) is 0. The monoisotopic (exact) mass is 347 g/mol. The number of imide groups is 1. The number of carbonyl (C=O) groups excluding carboxylic acids is 2. The number of fused-ring (bicyclic) bond motifs is 5. The van der Waals surface area contributed by atoms with Gasteiger partial charge in [0.2, 0.25) is 11.8 Å². The van der Waals surface area contributed by atoms with Crippen molar-refractivity contribution in [2.75, 3.05) is 4.90 Å². The van der Waals surface area contributed by atoms with Crippen LogP contribution in [0.3, 0.4) is 0 Å². The molecule has 4 atom stereocenters. The number of halogens is 2. The third-order valence-corrected chi connectivity index (χ3v) is 5.89. The quantitative estimate of drug-likeness (QED) is 0.562. The van der Waals surface area contributed by atoms with Crippen molar-refractivity contribution in [3.05, 3.63) is 51.5 Å². The first kappa shape index (κ1) is 15.0. The summed E-state index contributed by atoms with van der Waals surface area (Å²) in [5, 5.41) is 0.746. The largest absolute Gasteiger partial charge is 0.274 e. The molecular formula is C18H15Cl2NO2. The molecule has 3 unspecified atom stereocenters. The second-order valence-corrected chi connectivity index (χ2v) is 7.37. The van der Waals surface area contributed by atoms with E-state index in [-0.39, 0.29) is 35.5 Å². The molecule has 2 amide bonds. The molecule has 0 radical (unpaired) electrons. The van der Waals surface area contributed by atoms with E-state index in [9.17, 15) is 9.59 Å².